The number of amides is 1. The number of ether oxygens (including phenoxy) is 2. The van der Waals surface area contributed by atoms with Crippen LogP contribution in [-0.4, -0.2) is 68.3 Å². The molecular formula is C20H28FN3O3. The molecule has 7 heteroatoms. The van der Waals surface area contributed by atoms with Gasteiger partial charge in [-0.2, -0.15) is 0 Å². The van der Waals surface area contributed by atoms with Gasteiger partial charge in [0.2, 0.25) is 5.91 Å². The van der Waals surface area contributed by atoms with Crippen molar-refractivity contribution in [1.29, 1.82) is 0 Å². The van der Waals surface area contributed by atoms with Crippen molar-refractivity contribution in [3.63, 3.8) is 0 Å². The van der Waals surface area contributed by atoms with Crippen LogP contribution in [0.25, 0.3) is 0 Å². The molecule has 0 radical (unpaired) electrons. The normalized spacial score (nSPS) is 30.8. The maximum Gasteiger partial charge on any atom is 0.223 e. The van der Waals surface area contributed by atoms with Gasteiger partial charge >= 0.3 is 0 Å². The van der Waals surface area contributed by atoms with Crippen molar-refractivity contribution in [3.8, 4) is 11.5 Å². The molecule has 2 fully saturated rings. The van der Waals surface area contributed by atoms with Gasteiger partial charge in [0.15, 0.2) is 11.5 Å². The Bertz CT molecular complexity index is 729. The lowest BCUT2D eigenvalue weighted by atomic mass is 9.83. The van der Waals surface area contributed by atoms with Gasteiger partial charge in [-0.25, -0.2) is 0 Å². The third-order valence-corrected chi connectivity index (χ3v) is 6.38. The third-order valence-electron chi connectivity index (χ3n) is 6.38. The van der Waals surface area contributed by atoms with Crippen LogP contribution in [0.4, 0.5) is 4.39 Å². The number of methoxy groups -OCH3 is 2. The number of rotatable bonds is 4. The lowest BCUT2D eigenvalue weighted by molar-refractivity contribution is -0.131. The average Bonchev–Trinajstić information content (AvgIpc) is 3.06. The zero-order valence-corrected chi connectivity index (χ0v) is 16.0. The Morgan fingerprint density at radius 2 is 1.96 bits per heavy atom. The second-order valence-electron chi connectivity index (χ2n) is 7.90. The summed E-state index contributed by atoms with van der Waals surface area (Å²) >= 11 is 0. The highest BCUT2D eigenvalue weighted by molar-refractivity contribution is 5.79. The highest BCUT2D eigenvalue weighted by Crippen LogP contribution is 2.42. The Labute approximate surface area is 159 Å². The monoisotopic (exact) mass is 377 g/mol. The van der Waals surface area contributed by atoms with E-state index in [-0.39, 0.29) is 30.0 Å². The van der Waals surface area contributed by atoms with Gasteiger partial charge in [0, 0.05) is 44.1 Å². The lowest BCUT2D eigenvalue weighted by Crippen LogP contribution is -2.60. The second-order valence-corrected chi connectivity index (χ2v) is 7.90. The molecule has 3 aliphatic rings. The standard InChI is InChI=1S/C20H28FN3O3/c1-26-18-6-13-3-4-23-11-17(24-10-12(9-21)5-20(24)25)15(22)8-16(23)14(13)7-19(18)27-2/h6-7,12,15-17H,3-5,8-11,22H2,1-2H3/t12-,15+,16?,17?/m1/s1. The fraction of sp³-hybridized carbons (Fsp3) is 0.650. The number of alkyl halides is 1. The second kappa shape index (κ2) is 7.28. The van der Waals surface area contributed by atoms with Gasteiger partial charge in [-0.05, 0) is 36.1 Å². The van der Waals surface area contributed by atoms with E-state index in [2.05, 4.69) is 17.0 Å². The first-order chi connectivity index (χ1) is 13.0. The van der Waals surface area contributed by atoms with E-state index in [1.807, 2.05) is 4.90 Å². The zero-order chi connectivity index (χ0) is 19.1. The zero-order valence-electron chi connectivity index (χ0n) is 16.0. The van der Waals surface area contributed by atoms with Gasteiger partial charge in [0.25, 0.3) is 0 Å². The van der Waals surface area contributed by atoms with E-state index in [1.54, 1.807) is 14.2 Å². The summed E-state index contributed by atoms with van der Waals surface area (Å²) in [5, 5.41) is 0. The number of fused-ring (bicyclic) bond motifs is 3. The Kier molecular flexibility index (Phi) is 4.99. The van der Waals surface area contributed by atoms with E-state index in [0.29, 0.717) is 13.0 Å². The number of carbonyl (C=O) groups excluding carboxylic acids is 1. The molecule has 3 heterocycles. The van der Waals surface area contributed by atoms with Gasteiger partial charge in [-0.15, -0.1) is 0 Å². The maximum atomic E-state index is 13.0. The molecule has 0 aromatic heterocycles. The summed E-state index contributed by atoms with van der Waals surface area (Å²) < 4.78 is 24.0. The molecule has 0 spiro atoms. The molecule has 2 saturated heterocycles. The first-order valence-electron chi connectivity index (χ1n) is 9.65. The molecule has 6 nitrogen and oxygen atoms in total. The van der Waals surface area contributed by atoms with E-state index < -0.39 is 6.67 Å². The number of nitrogens with two attached hydrogens (primary N) is 1. The Morgan fingerprint density at radius 3 is 2.63 bits per heavy atom. The van der Waals surface area contributed by atoms with Crippen LogP contribution in [0.5, 0.6) is 11.5 Å². The quantitative estimate of drug-likeness (QED) is 0.862. The molecule has 3 aliphatic heterocycles. The van der Waals surface area contributed by atoms with Crippen LogP contribution in [0.3, 0.4) is 0 Å². The van der Waals surface area contributed by atoms with Crippen molar-refractivity contribution in [1.82, 2.24) is 9.80 Å². The van der Waals surface area contributed by atoms with E-state index in [0.717, 1.165) is 37.4 Å². The minimum absolute atomic E-state index is 0.0352. The highest BCUT2D eigenvalue weighted by Gasteiger charge is 2.44. The first kappa shape index (κ1) is 18.5. The summed E-state index contributed by atoms with van der Waals surface area (Å²) in [5.41, 5.74) is 9.04. The predicted octanol–water partition coefficient (Wildman–Crippen LogP) is 1.52. The molecule has 1 aromatic rings. The van der Waals surface area contributed by atoms with Crippen molar-refractivity contribution >= 4 is 5.91 Å². The number of piperidine rings is 1. The number of benzene rings is 1. The van der Waals surface area contributed by atoms with Crippen LogP contribution in [0.15, 0.2) is 12.1 Å². The Hall–Kier alpha value is -1.86. The maximum absolute atomic E-state index is 13.0. The number of nitrogens with zero attached hydrogens (tertiary/aromatic N) is 2. The Morgan fingerprint density at radius 1 is 1.22 bits per heavy atom. The van der Waals surface area contributed by atoms with Gasteiger partial charge in [0.05, 0.1) is 26.9 Å². The average molecular weight is 377 g/mol. The number of hydrogen-bond acceptors (Lipinski definition) is 5. The predicted molar refractivity (Wildman–Crippen MR) is 99.7 cm³/mol. The summed E-state index contributed by atoms with van der Waals surface area (Å²) in [4.78, 5) is 16.6. The first-order valence-corrected chi connectivity index (χ1v) is 9.65. The van der Waals surface area contributed by atoms with Gasteiger partial charge in [-0.3, -0.25) is 14.1 Å². The lowest BCUT2D eigenvalue weighted by Gasteiger charge is -2.48. The third kappa shape index (κ3) is 3.17. The van der Waals surface area contributed by atoms with Crippen molar-refractivity contribution in [3.05, 3.63) is 23.3 Å². The van der Waals surface area contributed by atoms with Crippen LogP contribution in [-0.2, 0) is 11.2 Å². The van der Waals surface area contributed by atoms with Gasteiger partial charge in [-0.1, -0.05) is 0 Å². The molecule has 2 unspecified atom stereocenters. The smallest absolute Gasteiger partial charge is 0.223 e. The van der Waals surface area contributed by atoms with Crippen molar-refractivity contribution < 1.29 is 18.7 Å². The van der Waals surface area contributed by atoms with Crippen molar-refractivity contribution in [2.75, 3.05) is 40.5 Å². The van der Waals surface area contributed by atoms with E-state index in [1.165, 1.54) is 11.1 Å². The molecular weight excluding hydrogens is 349 g/mol. The van der Waals surface area contributed by atoms with Crippen LogP contribution in [0, 0.1) is 5.92 Å². The van der Waals surface area contributed by atoms with E-state index in [9.17, 15) is 9.18 Å². The van der Waals surface area contributed by atoms with Crippen molar-refractivity contribution in [2.45, 2.75) is 37.4 Å². The van der Waals surface area contributed by atoms with E-state index in [4.69, 9.17) is 15.2 Å². The molecule has 4 atom stereocenters. The largest absolute Gasteiger partial charge is 0.493 e. The molecule has 0 bridgehead atoms. The summed E-state index contributed by atoms with van der Waals surface area (Å²) in [6.45, 7) is 1.72. The number of carbonyl (C=O) groups is 1. The summed E-state index contributed by atoms with van der Waals surface area (Å²) in [6, 6.07) is 4.20. The van der Waals surface area contributed by atoms with Crippen LogP contribution in [0.2, 0.25) is 0 Å². The molecule has 1 amide bonds. The Balaban J connectivity index is 1.57. The molecule has 27 heavy (non-hydrogen) atoms. The highest BCUT2D eigenvalue weighted by atomic mass is 19.1. The van der Waals surface area contributed by atoms with Crippen LogP contribution >= 0.6 is 0 Å². The SMILES string of the molecule is COc1cc2c(cc1OC)C1C[C@H](N)C(N3C[C@@H](CF)CC3=O)CN1CC2. The summed E-state index contributed by atoms with van der Waals surface area (Å²) in [7, 11) is 3.30. The number of likely N-dealkylation sites (tertiary alicyclic amines) is 1. The van der Waals surface area contributed by atoms with Gasteiger partial charge in [0.1, 0.15) is 0 Å². The summed E-state index contributed by atoms with van der Waals surface area (Å²) in [6.07, 6.45) is 2.01. The fourth-order valence-corrected chi connectivity index (χ4v) is 4.93. The fourth-order valence-electron chi connectivity index (χ4n) is 4.93. The minimum atomic E-state index is -0.439. The number of halogens is 1. The molecule has 148 valence electrons. The molecule has 4 rings (SSSR count). The molecule has 1 aromatic carbocycles. The number of hydrogen-bond donors (Lipinski definition) is 1. The van der Waals surface area contributed by atoms with E-state index >= 15 is 0 Å². The van der Waals surface area contributed by atoms with Crippen LogP contribution in [0.1, 0.15) is 30.0 Å². The molecule has 2 N–H and O–H groups in total. The summed E-state index contributed by atoms with van der Waals surface area (Å²) in [5.74, 6) is 1.35. The van der Waals surface area contributed by atoms with Crippen molar-refractivity contribution in [2.24, 2.45) is 11.7 Å². The van der Waals surface area contributed by atoms with Gasteiger partial charge < -0.3 is 20.1 Å². The molecule has 0 saturated carbocycles. The van der Waals surface area contributed by atoms with Crippen LogP contribution < -0.4 is 15.2 Å². The topological polar surface area (TPSA) is 68.0 Å². The minimum Gasteiger partial charge on any atom is -0.493 e. The molecule has 0 aliphatic carbocycles.